The van der Waals surface area contributed by atoms with Gasteiger partial charge < -0.3 is 24.0 Å². The number of hydrogen-bond acceptors (Lipinski definition) is 8. The van der Waals surface area contributed by atoms with Gasteiger partial charge in [0.1, 0.15) is 11.9 Å². The molecule has 2 atom stereocenters. The van der Waals surface area contributed by atoms with Crippen molar-refractivity contribution in [3.63, 3.8) is 0 Å². The third-order valence-electron chi connectivity index (χ3n) is 13.4. The fourth-order valence-corrected chi connectivity index (χ4v) is 9.92. The minimum Gasteiger partial charge on any atom is -0.497 e. The lowest BCUT2D eigenvalue weighted by Gasteiger charge is -2.42. The first-order valence-electron chi connectivity index (χ1n) is 22.0. The summed E-state index contributed by atoms with van der Waals surface area (Å²) in [6.45, 7) is 7.60. The fourth-order valence-electron chi connectivity index (χ4n) is 9.92. The summed E-state index contributed by atoms with van der Waals surface area (Å²) in [5.74, 6) is -1.59. The Labute approximate surface area is 360 Å². The lowest BCUT2D eigenvalue weighted by atomic mass is 9.68. The number of benzene rings is 2. The van der Waals surface area contributed by atoms with Gasteiger partial charge in [0.25, 0.3) is 0 Å². The lowest BCUT2D eigenvalue weighted by Crippen LogP contribution is -2.36. The number of halogens is 6. The molecule has 8 rings (SSSR count). The van der Waals surface area contributed by atoms with Gasteiger partial charge in [0.2, 0.25) is 11.9 Å². The summed E-state index contributed by atoms with van der Waals surface area (Å²) in [6.07, 6.45) is 0.336. The first-order valence-corrected chi connectivity index (χ1v) is 22.0. The Morgan fingerprint density at radius 3 is 2.06 bits per heavy atom. The highest BCUT2D eigenvalue weighted by Crippen LogP contribution is 2.53. The van der Waals surface area contributed by atoms with Gasteiger partial charge in [-0.3, -0.25) is 4.98 Å². The number of rotatable bonds is 11. The van der Waals surface area contributed by atoms with E-state index in [2.05, 4.69) is 40.7 Å². The second-order valence-corrected chi connectivity index (χ2v) is 18.6. The van der Waals surface area contributed by atoms with Gasteiger partial charge in [-0.2, -0.15) is 13.2 Å². The number of pyridine rings is 1. The minimum absolute atomic E-state index is 0.0589. The van der Waals surface area contributed by atoms with Crippen LogP contribution in [0.1, 0.15) is 141 Å². The van der Waals surface area contributed by atoms with E-state index >= 15 is 4.39 Å². The van der Waals surface area contributed by atoms with Gasteiger partial charge >= 0.3 is 6.18 Å². The third-order valence-corrected chi connectivity index (χ3v) is 13.4. The maximum Gasteiger partial charge on any atom is 0.416 e. The van der Waals surface area contributed by atoms with Crippen molar-refractivity contribution in [2.45, 2.75) is 127 Å². The van der Waals surface area contributed by atoms with E-state index in [1.807, 2.05) is 24.3 Å². The average Bonchev–Trinajstić information content (AvgIpc) is 3.25. The highest BCUT2D eigenvalue weighted by atomic mass is 19.4. The number of fused-ring (bicyclic) bond motifs is 1. The van der Waals surface area contributed by atoms with Crippen LogP contribution in [0.5, 0.6) is 11.5 Å². The van der Waals surface area contributed by atoms with E-state index < -0.39 is 35.9 Å². The third kappa shape index (κ3) is 10.0. The minimum atomic E-state index is -4.60. The van der Waals surface area contributed by atoms with Crippen LogP contribution in [-0.2, 0) is 23.9 Å². The Balaban J connectivity index is 1.16. The van der Waals surface area contributed by atoms with Crippen LogP contribution < -0.4 is 14.4 Å². The number of ether oxygens (including phenoxy) is 3. The molecule has 2 saturated heterocycles. The van der Waals surface area contributed by atoms with Crippen LogP contribution >= 0.6 is 0 Å². The zero-order valence-electron chi connectivity index (χ0n) is 36.0. The second-order valence-electron chi connectivity index (χ2n) is 18.6. The standard InChI is InChI=1S/C48H57F6N5O3/c1-46(2)25-38-41(39(26-46)61-29-30-5-11-35(60-4)12-6-30)40(31-13-19-47(50,51)20-14-31)42(43(49)32-7-9-34(10-8-32)48(52,53)54)44(57-38)33-15-23-59(24-16-33)45-55-27-37(28-56-45)62-36-17-21-58(3)22-18-36/h5-12,27-28,31,33,36,39,43H,13-26,29H2,1-4H3. The van der Waals surface area contributed by atoms with Crippen LogP contribution in [-0.4, -0.2) is 72.2 Å². The molecule has 334 valence electrons. The van der Waals surface area contributed by atoms with E-state index in [1.165, 1.54) is 12.1 Å². The van der Waals surface area contributed by atoms with Gasteiger partial charge in [-0.1, -0.05) is 38.1 Å². The molecular weight excluding hydrogens is 809 g/mol. The van der Waals surface area contributed by atoms with Crippen molar-refractivity contribution in [2.75, 3.05) is 45.2 Å². The van der Waals surface area contributed by atoms with Crippen molar-refractivity contribution in [3.05, 3.63) is 106 Å². The Morgan fingerprint density at radius 1 is 0.806 bits per heavy atom. The number of aromatic nitrogens is 3. The van der Waals surface area contributed by atoms with Gasteiger partial charge in [0.15, 0.2) is 11.9 Å². The smallest absolute Gasteiger partial charge is 0.416 e. The van der Waals surface area contributed by atoms with E-state index in [0.29, 0.717) is 73.0 Å². The Hall–Kier alpha value is -4.43. The predicted octanol–water partition coefficient (Wildman–Crippen LogP) is 11.3. The molecule has 0 bridgehead atoms. The molecule has 62 heavy (non-hydrogen) atoms. The van der Waals surface area contributed by atoms with Gasteiger partial charge in [-0.05, 0) is 111 Å². The first kappa shape index (κ1) is 44.2. The number of piperidine rings is 2. The Kier molecular flexibility index (Phi) is 12.8. The van der Waals surface area contributed by atoms with E-state index in [-0.39, 0.29) is 55.3 Å². The molecule has 2 unspecified atom stereocenters. The molecule has 0 radical (unpaired) electrons. The van der Waals surface area contributed by atoms with Crippen molar-refractivity contribution in [1.29, 1.82) is 0 Å². The van der Waals surface area contributed by atoms with E-state index in [0.717, 1.165) is 54.9 Å². The molecule has 0 amide bonds. The van der Waals surface area contributed by atoms with Crippen molar-refractivity contribution in [3.8, 4) is 11.5 Å². The number of anilines is 1. The monoisotopic (exact) mass is 865 g/mol. The van der Waals surface area contributed by atoms with E-state index in [9.17, 15) is 22.0 Å². The molecule has 14 heteroatoms. The lowest BCUT2D eigenvalue weighted by molar-refractivity contribution is -0.137. The molecule has 2 aromatic heterocycles. The van der Waals surface area contributed by atoms with Crippen LogP contribution in [0.2, 0.25) is 0 Å². The molecule has 0 N–H and O–H groups in total. The summed E-state index contributed by atoms with van der Waals surface area (Å²) >= 11 is 0. The first-order chi connectivity index (χ1) is 29.6. The molecule has 2 aliphatic heterocycles. The van der Waals surface area contributed by atoms with Crippen molar-refractivity contribution in [2.24, 2.45) is 5.41 Å². The Morgan fingerprint density at radius 2 is 1.45 bits per heavy atom. The zero-order valence-corrected chi connectivity index (χ0v) is 36.0. The number of likely N-dealkylation sites (tertiary alicyclic amines) is 1. The van der Waals surface area contributed by atoms with Crippen molar-refractivity contribution < 1.29 is 40.6 Å². The molecule has 2 aliphatic carbocycles. The van der Waals surface area contributed by atoms with E-state index in [1.54, 1.807) is 19.5 Å². The van der Waals surface area contributed by atoms with Crippen molar-refractivity contribution >= 4 is 5.95 Å². The molecule has 3 fully saturated rings. The SMILES string of the molecule is COc1ccc(COC2CC(C)(C)Cc3nc(C4CCN(c5ncc(OC6CCN(C)CC6)cn5)CC4)c(C(F)c4ccc(C(F)(F)F)cc4)c(C4CCC(F)(F)CC4)c32)cc1. The molecule has 8 nitrogen and oxygen atoms in total. The summed E-state index contributed by atoms with van der Waals surface area (Å²) in [7, 11) is 3.70. The normalized spacial score (nSPS) is 22.0. The largest absolute Gasteiger partial charge is 0.497 e. The van der Waals surface area contributed by atoms with Gasteiger partial charge in [-0.25, -0.2) is 23.1 Å². The highest BCUT2D eigenvalue weighted by Gasteiger charge is 2.44. The maximum absolute atomic E-state index is 17.8. The molecule has 0 spiro atoms. The summed E-state index contributed by atoms with van der Waals surface area (Å²) in [4.78, 5) is 19.1. The van der Waals surface area contributed by atoms with E-state index in [4.69, 9.17) is 19.2 Å². The summed E-state index contributed by atoms with van der Waals surface area (Å²) in [5, 5.41) is 0. The molecular formula is C48H57F6N5O3. The van der Waals surface area contributed by atoms with Gasteiger partial charge in [0, 0.05) is 61.8 Å². The summed E-state index contributed by atoms with van der Waals surface area (Å²) < 4.78 is 107. The topological polar surface area (TPSA) is 72.8 Å². The maximum atomic E-state index is 17.8. The predicted molar refractivity (Wildman–Crippen MR) is 225 cm³/mol. The quantitative estimate of drug-likeness (QED) is 0.138. The number of alkyl halides is 6. The number of hydrogen-bond donors (Lipinski definition) is 0. The van der Waals surface area contributed by atoms with Crippen molar-refractivity contribution in [1.82, 2.24) is 19.9 Å². The van der Waals surface area contributed by atoms with Crippen LogP contribution in [0.25, 0.3) is 0 Å². The second kappa shape index (κ2) is 18.0. The molecule has 4 aromatic rings. The highest BCUT2D eigenvalue weighted by molar-refractivity contribution is 5.51. The summed E-state index contributed by atoms with van der Waals surface area (Å²) in [5.41, 5.74) is 2.84. The Bertz CT molecular complexity index is 2120. The van der Waals surface area contributed by atoms with Gasteiger partial charge in [0.05, 0.1) is 43.5 Å². The van der Waals surface area contributed by atoms with Crippen LogP contribution in [0.4, 0.5) is 32.3 Å². The van der Waals surface area contributed by atoms with Gasteiger partial charge in [-0.15, -0.1) is 0 Å². The number of nitrogens with zero attached hydrogens (tertiary/aromatic N) is 5. The van der Waals surface area contributed by atoms with Crippen LogP contribution in [0, 0.1) is 5.41 Å². The van der Waals surface area contributed by atoms with Crippen LogP contribution in [0.3, 0.4) is 0 Å². The zero-order chi connectivity index (χ0) is 43.8. The fraction of sp³-hybridized carbons (Fsp3) is 0.562. The summed E-state index contributed by atoms with van der Waals surface area (Å²) in [6, 6.07) is 11.7. The van der Waals surface area contributed by atoms with Crippen LogP contribution in [0.15, 0.2) is 60.9 Å². The molecule has 4 aliphatic rings. The molecule has 2 aromatic carbocycles. The molecule has 4 heterocycles. The molecule has 1 saturated carbocycles. The average molecular weight is 866 g/mol. The number of methoxy groups -OCH3 is 1.